The lowest BCUT2D eigenvalue weighted by molar-refractivity contribution is -0.126. The minimum absolute atomic E-state index is 0.000527. The van der Waals surface area contributed by atoms with Gasteiger partial charge in [0.2, 0.25) is 11.8 Å². The van der Waals surface area contributed by atoms with Gasteiger partial charge in [-0.3, -0.25) is 9.59 Å². The summed E-state index contributed by atoms with van der Waals surface area (Å²) < 4.78 is 5.54. The summed E-state index contributed by atoms with van der Waals surface area (Å²) in [5.41, 5.74) is 2.27. The molecule has 0 heterocycles. The summed E-state index contributed by atoms with van der Waals surface area (Å²) in [6, 6.07) is 19.8. The Kier molecular flexibility index (Phi) is 8.94. The SMILES string of the molecule is O=C(CCCOCCc1ccccc1)NCC(=O)NCc1ccccc1. The highest BCUT2D eigenvalue weighted by atomic mass is 16.5. The number of ether oxygens (including phenoxy) is 1. The molecule has 0 atom stereocenters. The third-order valence-corrected chi connectivity index (χ3v) is 3.85. The number of carbonyl (C=O) groups excluding carboxylic acids is 2. The highest BCUT2D eigenvalue weighted by Crippen LogP contribution is 2.00. The van der Waals surface area contributed by atoms with Crippen molar-refractivity contribution in [3.63, 3.8) is 0 Å². The van der Waals surface area contributed by atoms with Crippen LogP contribution < -0.4 is 10.6 Å². The molecule has 0 saturated carbocycles. The van der Waals surface area contributed by atoms with Crippen LogP contribution in [0.15, 0.2) is 60.7 Å². The maximum absolute atomic E-state index is 11.7. The van der Waals surface area contributed by atoms with Gasteiger partial charge in [-0.2, -0.15) is 0 Å². The summed E-state index contributed by atoms with van der Waals surface area (Å²) in [4.78, 5) is 23.4. The molecule has 138 valence electrons. The normalized spacial score (nSPS) is 10.3. The Morgan fingerprint density at radius 2 is 1.42 bits per heavy atom. The summed E-state index contributed by atoms with van der Waals surface area (Å²) in [5.74, 6) is -0.326. The number of carbonyl (C=O) groups is 2. The second-order valence-electron chi connectivity index (χ2n) is 5.99. The Morgan fingerprint density at radius 1 is 0.769 bits per heavy atom. The zero-order valence-electron chi connectivity index (χ0n) is 14.9. The Morgan fingerprint density at radius 3 is 2.12 bits per heavy atom. The van der Waals surface area contributed by atoms with Gasteiger partial charge in [-0.15, -0.1) is 0 Å². The predicted octanol–water partition coefficient (Wildman–Crippen LogP) is 2.46. The van der Waals surface area contributed by atoms with Gasteiger partial charge >= 0.3 is 0 Å². The first-order valence-electron chi connectivity index (χ1n) is 8.93. The topological polar surface area (TPSA) is 67.4 Å². The van der Waals surface area contributed by atoms with E-state index in [9.17, 15) is 9.59 Å². The van der Waals surface area contributed by atoms with Crippen molar-refractivity contribution in [3.05, 3.63) is 71.8 Å². The molecule has 0 spiro atoms. The molecular weight excluding hydrogens is 328 g/mol. The van der Waals surface area contributed by atoms with Crippen molar-refractivity contribution in [2.45, 2.75) is 25.8 Å². The van der Waals surface area contributed by atoms with Crippen molar-refractivity contribution in [2.24, 2.45) is 0 Å². The number of benzene rings is 2. The molecule has 0 fully saturated rings. The summed E-state index contributed by atoms with van der Waals surface area (Å²) in [5, 5.41) is 5.40. The van der Waals surface area contributed by atoms with E-state index >= 15 is 0 Å². The van der Waals surface area contributed by atoms with Gasteiger partial charge in [0.25, 0.3) is 0 Å². The molecule has 2 N–H and O–H groups in total. The van der Waals surface area contributed by atoms with E-state index in [2.05, 4.69) is 22.8 Å². The van der Waals surface area contributed by atoms with Gasteiger partial charge in [0, 0.05) is 19.6 Å². The molecule has 0 aromatic heterocycles. The lowest BCUT2D eigenvalue weighted by atomic mass is 10.2. The van der Waals surface area contributed by atoms with E-state index in [0.29, 0.717) is 32.6 Å². The molecule has 2 aromatic rings. The Balaban J connectivity index is 1.46. The van der Waals surface area contributed by atoms with E-state index < -0.39 is 0 Å². The van der Waals surface area contributed by atoms with Crippen LogP contribution in [0.2, 0.25) is 0 Å². The Hall–Kier alpha value is -2.66. The quantitative estimate of drug-likeness (QED) is 0.609. The molecule has 2 rings (SSSR count). The van der Waals surface area contributed by atoms with Gasteiger partial charge < -0.3 is 15.4 Å². The zero-order valence-corrected chi connectivity index (χ0v) is 14.9. The molecule has 2 aromatic carbocycles. The summed E-state index contributed by atoms with van der Waals surface area (Å²) in [6.45, 7) is 1.65. The molecular formula is C21H26N2O3. The van der Waals surface area contributed by atoms with Crippen molar-refractivity contribution < 1.29 is 14.3 Å². The van der Waals surface area contributed by atoms with Crippen molar-refractivity contribution in [2.75, 3.05) is 19.8 Å². The predicted molar refractivity (Wildman–Crippen MR) is 101 cm³/mol. The van der Waals surface area contributed by atoms with E-state index in [1.165, 1.54) is 5.56 Å². The van der Waals surface area contributed by atoms with Gasteiger partial charge in [-0.05, 0) is 24.0 Å². The average Bonchev–Trinajstić information content (AvgIpc) is 2.69. The number of amides is 2. The zero-order chi connectivity index (χ0) is 18.5. The third kappa shape index (κ3) is 8.44. The van der Waals surface area contributed by atoms with Crippen LogP contribution in [0.4, 0.5) is 0 Å². The summed E-state index contributed by atoms with van der Waals surface area (Å²) in [7, 11) is 0. The number of rotatable bonds is 11. The first-order chi connectivity index (χ1) is 12.7. The van der Waals surface area contributed by atoms with E-state index in [0.717, 1.165) is 12.0 Å². The van der Waals surface area contributed by atoms with Crippen LogP contribution in [0.5, 0.6) is 0 Å². The molecule has 26 heavy (non-hydrogen) atoms. The van der Waals surface area contributed by atoms with Gasteiger partial charge in [-0.25, -0.2) is 0 Å². The smallest absolute Gasteiger partial charge is 0.239 e. The van der Waals surface area contributed by atoms with E-state index in [1.54, 1.807) is 0 Å². The van der Waals surface area contributed by atoms with E-state index in [-0.39, 0.29) is 18.4 Å². The summed E-state index contributed by atoms with van der Waals surface area (Å²) >= 11 is 0. The minimum Gasteiger partial charge on any atom is -0.381 e. The van der Waals surface area contributed by atoms with Crippen molar-refractivity contribution in [1.29, 1.82) is 0 Å². The Bertz CT molecular complexity index is 659. The fraction of sp³-hybridized carbons (Fsp3) is 0.333. The lowest BCUT2D eigenvalue weighted by Gasteiger charge is -2.07. The first-order valence-corrected chi connectivity index (χ1v) is 8.93. The maximum atomic E-state index is 11.7. The molecule has 0 unspecified atom stereocenters. The average molecular weight is 354 g/mol. The van der Waals surface area contributed by atoms with Crippen LogP contribution in [0, 0.1) is 0 Å². The monoisotopic (exact) mass is 354 g/mol. The van der Waals surface area contributed by atoms with Crippen LogP contribution >= 0.6 is 0 Å². The van der Waals surface area contributed by atoms with Crippen LogP contribution in [0.1, 0.15) is 24.0 Å². The maximum Gasteiger partial charge on any atom is 0.239 e. The molecule has 0 bridgehead atoms. The molecule has 5 nitrogen and oxygen atoms in total. The molecule has 0 aliphatic heterocycles. The number of hydrogen-bond acceptors (Lipinski definition) is 3. The largest absolute Gasteiger partial charge is 0.381 e. The molecule has 0 saturated heterocycles. The second kappa shape index (κ2) is 11.8. The van der Waals surface area contributed by atoms with Crippen molar-refractivity contribution in [3.8, 4) is 0 Å². The van der Waals surface area contributed by atoms with Crippen LogP contribution in [-0.4, -0.2) is 31.6 Å². The lowest BCUT2D eigenvalue weighted by Crippen LogP contribution is -2.36. The van der Waals surface area contributed by atoms with Gasteiger partial charge in [0.15, 0.2) is 0 Å². The van der Waals surface area contributed by atoms with Crippen molar-refractivity contribution in [1.82, 2.24) is 10.6 Å². The minimum atomic E-state index is -0.193. The van der Waals surface area contributed by atoms with Crippen LogP contribution in [0.3, 0.4) is 0 Å². The molecule has 0 aliphatic carbocycles. The van der Waals surface area contributed by atoms with Gasteiger partial charge in [-0.1, -0.05) is 60.7 Å². The fourth-order valence-electron chi connectivity index (χ4n) is 2.40. The van der Waals surface area contributed by atoms with Gasteiger partial charge in [0.1, 0.15) is 0 Å². The highest BCUT2D eigenvalue weighted by molar-refractivity contribution is 5.84. The first kappa shape index (κ1) is 19.7. The molecule has 0 aliphatic rings. The van der Waals surface area contributed by atoms with E-state index in [4.69, 9.17) is 4.74 Å². The second-order valence-corrected chi connectivity index (χ2v) is 5.99. The standard InChI is InChI=1S/C21H26N2O3/c24-20(12-7-14-26-15-13-18-8-3-1-4-9-18)23-17-21(25)22-16-19-10-5-2-6-11-19/h1-6,8-11H,7,12-17H2,(H,22,25)(H,23,24). The van der Waals surface area contributed by atoms with Crippen LogP contribution in [0.25, 0.3) is 0 Å². The van der Waals surface area contributed by atoms with Crippen molar-refractivity contribution >= 4 is 11.8 Å². The fourth-order valence-corrected chi connectivity index (χ4v) is 2.40. The third-order valence-electron chi connectivity index (χ3n) is 3.85. The molecule has 5 heteroatoms. The van der Waals surface area contributed by atoms with Crippen LogP contribution in [-0.2, 0) is 27.3 Å². The van der Waals surface area contributed by atoms with E-state index in [1.807, 2.05) is 48.5 Å². The molecule has 2 amide bonds. The highest BCUT2D eigenvalue weighted by Gasteiger charge is 2.05. The Labute approximate surface area is 154 Å². The number of nitrogens with one attached hydrogen (secondary N) is 2. The molecule has 0 radical (unpaired) electrons. The van der Waals surface area contributed by atoms with Gasteiger partial charge in [0.05, 0.1) is 13.2 Å². The number of hydrogen-bond donors (Lipinski definition) is 2. The summed E-state index contributed by atoms with van der Waals surface area (Å²) in [6.07, 6.45) is 1.87.